The van der Waals surface area contributed by atoms with Crippen molar-refractivity contribution in [2.45, 2.75) is 12.2 Å². The number of hydrogen-bond acceptors (Lipinski definition) is 8. The molecule has 3 aromatic rings. The SMILES string of the molecule is COCCOC1=CC2C(Nc3ccc(Oc4ccc5scnc5c4)c(C(F)(F)F)c3)=NC=NC2C=C1. The van der Waals surface area contributed by atoms with Crippen molar-refractivity contribution in [1.29, 1.82) is 0 Å². The van der Waals surface area contributed by atoms with Gasteiger partial charge in [-0.2, -0.15) is 13.2 Å². The van der Waals surface area contributed by atoms with Crippen molar-refractivity contribution in [3.63, 3.8) is 0 Å². The standard InChI is InChI=1S/C25H21F3N4O3S/c1-33-8-9-34-16-3-5-20-18(11-16)24(30-13-29-20)32-15-2-6-22(19(10-15)25(26,27)28)35-17-4-7-23-21(12-17)31-14-36-23/h2-7,10-14,18,20H,8-9H2,1H3,(H,29,30,32). The summed E-state index contributed by atoms with van der Waals surface area (Å²) in [7, 11) is 1.58. The van der Waals surface area contributed by atoms with Crippen LogP contribution in [-0.2, 0) is 15.7 Å². The Bertz CT molecular complexity index is 1380. The molecule has 2 atom stereocenters. The number of ether oxygens (including phenoxy) is 3. The van der Waals surface area contributed by atoms with Crippen LogP contribution in [0.2, 0.25) is 0 Å². The zero-order valence-corrected chi connectivity index (χ0v) is 19.8. The molecule has 186 valence electrons. The summed E-state index contributed by atoms with van der Waals surface area (Å²) in [4.78, 5) is 12.8. The summed E-state index contributed by atoms with van der Waals surface area (Å²) >= 11 is 1.44. The number of halogens is 3. The van der Waals surface area contributed by atoms with E-state index in [0.717, 1.165) is 10.8 Å². The Balaban J connectivity index is 1.38. The average molecular weight is 515 g/mol. The van der Waals surface area contributed by atoms with Gasteiger partial charge in [0.05, 0.1) is 34.3 Å². The number of aromatic nitrogens is 1. The van der Waals surface area contributed by atoms with Gasteiger partial charge < -0.3 is 19.5 Å². The van der Waals surface area contributed by atoms with E-state index in [1.807, 2.05) is 18.2 Å². The fourth-order valence-corrected chi connectivity index (χ4v) is 4.49. The first-order chi connectivity index (χ1) is 17.4. The van der Waals surface area contributed by atoms with Crippen LogP contribution in [0.3, 0.4) is 0 Å². The van der Waals surface area contributed by atoms with Crippen LogP contribution in [0.4, 0.5) is 18.9 Å². The number of alkyl halides is 3. The summed E-state index contributed by atoms with van der Waals surface area (Å²) in [5, 5.41) is 3.03. The smallest absolute Gasteiger partial charge is 0.420 e. The third-order valence-corrected chi connectivity index (χ3v) is 6.37. The minimum Gasteiger partial charge on any atom is -0.492 e. The molecular formula is C25H21F3N4O3S. The van der Waals surface area contributed by atoms with Crippen LogP contribution >= 0.6 is 11.3 Å². The summed E-state index contributed by atoms with van der Waals surface area (Å²) in [6.07, 6.45) is 2.30. The van der Waals surface area contributed by atoms with Gasteiger partial charge in [-0.15, -0.1) is 11.3 Å². The Morgan fingerprint density at radius 2 is 2.00 bits per heavy atom. The van der Waals surface area contributed by atoms with Crippen LogP contribution in [0.15, 0.2) is 75.9 Å². The number of methoxy groups -OCH3 is 1. The molecule has 7 nitrogen and oxygen atoms in total. The van der Waals surface area contributed by atoms with Crippen LogP contribution < -0.4 is 10.1 Å². The lowest BCUT2D eigenvalue weighted by molar-refractivity contribution is -0.138. The maximum absolute atomic E-state index is 14.0. The van der Waals surface area contributed by atoms with E-state index >= 15 is 0 Å². The molecule has 11 heteroatoms. The van der Waals surface area contributed by atoms with Crippen LogP contribution in [-0.4, -0.2) is 43.5 Å². The Labute approximate surface area is 208 Å². The summed E-state index contributed by atoms with van der Waals surface area (Å²) in [5.74, 6) is 0.741. The Kier molecular flexibility index (Phi) is 6.75. The number of nitrogens with zero attached hydrogens (tertiary/aromatic N) is 3. The van der Waals surface area contributed by atoms with Crippen LogP contribution in [0.1, 0.15) is 5.56 Å². The normalized spacial score (nSPS) is 19.0. The lowest BCUT2D eigenvalue weighted by Gasteiger charge is -2.27. The second kappa shape index (κ2) is 10.1. The molecule has 0 saturated heterocycles. The highest BCUT2D eigenvalue weighted by Gasteiger charge is 2.35. The number of amidine groups is 1. The molecule has 2 unspecified atom stereocenters. The van der Waals surface area contributed by atoms with Gasteiger partial charge >= 0.3 is 6.18 Å². The molecule has 0 radical (unpaired) electrons. The molecule has 0 fully saturated rings. The van der Waals surface area contributed by atoms with Gasteiger partial charge in [-0.1, -0.05) is 6.08 Å². The van der Waals surface area contributed by atoms with Crippen LogP contribution in [0.5, 0.6) is 11.5 Å². The average Bonchev–Trinajstić information content (AvgIpc) is 3.33. The highest BCUT2D eigenvalue weighted by atomic mass is 32.1. The maximum Gasteiger partial charge on any atom is 0.420 e. The molecule has 0 bridgehead atoms. The lowest BCUT2D eigenvalue weighted by atomic mass is 9.92. The van der Waals surface area contributed by atoms with Crippen LogP contribution in [0, 0.1) is 5.92 Å². The van der Waals surface area contributed by atoms with Crippen molar-refractivity contribution in [3.8, 4) is 11.5 Å². The minimum atomic E-state index is -4.63. The zero-order valence-electron chi connectivity index (χ0n) is 19.0. The van der Waals surface area contributed by atoms with E-state index in [0.29, 0.717) is 30.3 Å². The van der Waals surface area contributed by atoms with Gasteiger partial charge in [0.2, 0.25) is 0 Å². The molecule has 1 aromatic heterocycles. The summed E-state index contributed by atoms with van der Waals surface area (Å²) in [6.45, 7) is 0.807. The van der Waals surface area contributed by atoms with Gasteiger partial charge in [0.1, 0.15) is 41.6 Å². The topological polar surface area (TPSA) is 77.3 Å². The van der Waals surface area contributed by atoms with E-state index < -0.39 is 11.7 Å². The quantitative estimate of drug-likeness (QED) is 0.388. The van der Waals surface area contributed by atoms with Crippen molar-refractivity contribution in [2.24, 2.45) is 15.9 Å². The minimum absolute atomic E-state index is 0.224. The molecule has 1 aliphatic carbocycles. The monoisotopic (exact) mass is 514 g/mol. The van der Waals surface area contributed by atoms with Gasteiger partial charge in [-0.05, 0) is 42.5 Å². The van der Waals surface area contributed by atoms with Crippen molar-refractivity contribution in [1.82, 2.24) is 4.98 Å². The van der Waals surface area contributed by atoms with Gasteiger partial charge in [0.25, 0.3) is 0 Å². The first kappa shape index (κ1) is 24.0. The highest BCUT2D eigenvalue weighted by Crippen LogP contribution is 2.40. The number of anilines is 1. The van der Waals surface area contributed by atoms with E-state index in [-0.39, 0.29) is 29.1 Å². The predicted molar refractivity (Wildman–Crippen MR) is 133 cm³/mol. The third kappa shape index (κ3) is 5.26. The van der Waals surface area contributed by atoms with E-state index in [2.05, 4.69) is 20.3 Å². The van der Waals surface area contributed by atoms with Crippen molar-refractivity contribution < 1.29 is 27.4 Å². The molecule has 1 aliphatic heterocycles. The van der Waals surface area contributed by atoms with Crippen molar-refractivity contribution in [3.05, 3.63) is 71.5 Å². The van der Waals surface area contributed by atoms with E-state index in [1.165, 1.54) is 29.8 Å². The van der Waals surface area contributed by atoms with E-state index in [1.54, 1.807) is 30.8 Å². The van der Waals surface area contributed by atoms with Gasteiger partial charge in [0, 0.05) is 18.9 Å². The third-order valence-electron chi connectivity index (χ3n) is 5.56. The largest absolute Gasteiger partial charge is 0.492 e. The fraction of sp³-hybridized carbons (Fsp3) is 0.240. The molecule has 0 saturated carbocycles. The molecule has 2 aliphatic rings. The highest BCUT2D eigenvalue weighted by molar-refractivity contribution is 7.16. The first-order valence-electron chi connectivity index (χ1n) is 11.0. The van der Waals surface area contributed by atoms with E-state index in [9.17, 15) is 13.2 Å². The molecule has 36 heavy (non-hydrogen) atoms. The van der Waals surface area contributed by atoms with E-state index in [4.69, 9.17) is 14.2 Å². The Hall–Kier alpha value is -3.70. The Morgan fingerprint density at radius 1 is 1.11 bits per heavy atom. The number of fused-ring (bicyclic) bond motifs is 2. The van der Waals surface area contributed by atoms with Crippen LogP contribution in [0.25, 0.3) is 10.2 Å². The molecule has 1 N–H and O–H groups in total. The number of thiazole rings is 1. The lowest BCUT2D eigenvalue weighted by Crippen LogP contribution is -2.34. The zero-order chi connectivity index (χ0) is 25.1. The summed E-state index contributed by atoms with van der Waals surface area (Å²) < 4.78 is 59.1. The molecule has 5 rings (SSSR count). The number of nitrogens with one attached hydrogen (secondary N) is 1. The van der Waals surface area contributed by atoms with Crippen molar-refractivity contribution in [2.75, 3.05) is 25.6 Å². The fourth-order valence-electron chi connectivity index (χ4n) is 3.83. The second-order valence-electron chi connectivity index (χ2n) is 7.98. The Morgan fingerprint density at radius 3 is 2.83 bits per heavy atom. The predicted octanol–water partition coefficient (Wildman–Crippen LogP) is 6.06. The molecule has 2 heterocycles. The molecule has 0 amide bonds. The number of benzene rings is 2. The number of hydrogen-bond donors (Lipinski definition) is 1. The van der Waals surface area contributed by atoms with Gasteiger partial charge in [0.15, 0.2) is 0 Å². The summed E-state index contributed by atoms with van der Waals surface area (Å²) in [6, 6.07) is 8.60. The summed E-state index contributed by atoms with van der Waals surface area (Å²) in [5.41, 5.74) is 1.65. The van der Waals surface area contributed by atoms with Gasteiger partial charge in [-0.3, -0.25) is 4.99 Å². The molecule has 2 aromatic carbocycles. The van der Waals surface area contributed by atoms with Gasteiger partial charge in [-0.25, -0.2) is 9.98 Å². The number of aliphatic imine (C=N–C) groups is 2. The first-order valence-corrected chi connectivity index (χ1v) is 11.9. The molecular weight excluding hydrogens is 493 g/mol. The maximum atomic E-state index is 14.0. The number of rotatable bonds is 7. The number of allylic oxidation sites excluding steroid dienone is 1. The second-order valence-corrected chi connectivity index (χ2v) is 8.87. The van der Waals surface area contributed by atoms with Crippen molar-refractivity contribution >= 4 is 39.4 Å². The molecule has 0 spiro atoms.